The van der Waals surface area contributed by atoms with Crippen molar-refractivity contribution in [3.05, 3.63) is 83.3 Å². The molecule has 1 saturated heterocycles. The van der Waals surface area contributed by atoms with E-state index in [2.05, 4.69) is 0 Å². The molecule has 3 aromatic rings. The van der Waals surface area contributed by atoms with Crippen LogP contribution in [-0.2, 0) is 4.79 Å². The third-order valence-corrected chi connectivity index (χ3v) is 5.57. The average molecular weight is 433 g/mol. The number of amidine groups is 1. The number of hydrogen-bond donors (Lipinski definition) is 1. The smallest absolute Gasteiger partial charge is 0.271 e. The predicted molar refractivity (Wildman–Crippen MR) is 124 cm³/mol. The number of benzene rings is 3. The van der Waals surface area contributed by atoms with Crippen molar-refractivity contribution in [1.29, 1.82) is 0 Å². The van der Waals surface area contributed by atoms with Gasteiger partial charge in [-0.05, 0) is 59.8 Å². The molecule has 0 aromatic heterocycles. The van der Waals surface area contributed by atoms with E-state index in [9.17, 15) is 9.90 Å². The van der Waals surface area contributed by atoms with Crippen LogP contribution >= 0.6 is 11.8 Å². The summed E-state index contributed by atoms with van der Waals surface area (Å²) in [6.07, 6.45) is 1.74. The molecular weight excluding hydrogens is 412 g/mol. The number of phenols is 1. The molecule has 4 rings (SSSR count). The first-order chi connectivity index (χ1) is 15.1. The number of carbonyl (C=O) groups excluding carboxylic acids is 1. The molecule has 156 valence electrons. The number of methoxy groups -OCH3 is 2. The van der Waals surface area contributed by atoms with Crippen LogP contribution in [0.15, 0.2) is 82.7 Å². The lowest BCUT2D eigenvalue weighted by molar-refractivity contribution is -0.113. The quantitative estimate of drug-likeness (QED) is 0.560. The second-order valence-electron chi connectivity index (χ2n) is 6.59. The molecule has 1 N–H and O–H groups in total. The normalized spacial score (nSPS) is 16.2. The van der Waals surface area contributed by atoms with Crippen LogP contribution in [-0.4, -0.2) is 30.4 Å². The number of rotatable bonds is 5. The zero-order valence-electron chi connectivity index (χ0n) is 17.0. The number of amides is 1. The van der Waals surface area contributed by atoms with Crippen molar-refractivity contribution in [3.63, 3.8) is 0 Å². The molecule has 7 heteroatoms. The highest BCUT2D eigenvalue weighted by molar-refractivity contribution is 8.19. The van der Waals surface area contributed by atoms with Gasteiger partial charge in [0, 0.05) is 0 Å². The molecule has 0 bridgehead atoms. The molecule has 0 spiro atoms. The van der Waals surface area contributed by atoms with Gasteiger partial charge in [-0.15, -0.1) is 0 Å². The minimum Gasteiger partial charge on any atom is -0.502 e. The maximum atomic E-state index is 13.3. The molecule has 0 radical (unpaired) electrons. The number of thioether (sulfide) groups is 1. The Hall–Kier alpha value is -3.71. The monoisotopic (exact) mass is 432 g/mol. The van der Waals surface area contributed by atoms with E-state index in [4.69, 9.17) is 14.5 Å². The van der Waals surface area contributed by atoms with Gasteiger partial charge in [0.15, 0.2) is 16.7 Å². The van der Waals surface area contributed by atoms with E-state index >= 15 is 0 Å². The van der Waals surface area contributed by atoms with Gasteiger partial charge in [0.1, 0.15) is 0 Å². The Kier molecular flexibility index (Phi) is 5.95. The Balaban J connectivity index is 1.78. The molecule has 0 aliphatic carbocycles. The first kappa shape index (κ1) is 20.6. The van der Waals surface area contributed by atoms with E-state index in [0.29, 0.717) is 15.6 Å². The Morgan fingerprint density at radius 3 is 2.10 bits per heavy atom. The summed E-state index contributed by atoms with van der Waals surface area (Å²) in [5.74, 6) is 0.256. The molecule has 1 amide bonds. The molecule has 1 aliphatic heterocycles. The fraction of sp³-hybridized carbons (Fsp3) is 0.0833. The Labute approximate surface area is 184 Å². The molecule has 3 aromatic carbocycles. The summed E-state index contributed by atoms with van der Waals surface area (Å²) in [5.41, 5.74) is 2.16. The van der Waals surface area contributed by atoms with Gasteiger partial charge in [0.25, 0.3) is 5.91 Å². The van der Waals surface area contributed by atoms with E-state index in [-0.39, 0.29) is 23.2 Å². The van der Waals surface area contributed by atoms with Crippen molar-refractivity contribution in [2.24, 2.45) is 4.99 Å². The number of phenolic OH excluding ortho intramolecular Hbond substituents is 1. The summed E-state index contributed by atoms with van der Waals surface area (Å²) < 4.78 is 10.4. The van der Waals surface area contributed by atoms with Crippen LogP contribution in [0.5, 0.6) is 17.2 Å². The Morgan fingerprint density at radius 2 is 1.52 bits per heavy atom. The molecular formula is C24H20N2O4S. The molecule has 1 heterocycles. The number of hydrogen-bond acceptors (Lipinski definition) is 6. The minimum absolute atomic E-state index is 0.0882. The maximum Gasteiger partial charge on any atom is 0.271 e. The number of anilines is 1. The third kappa shape index (κ3) is 4.27. The van der Waals surface area contributed by atoms with Crippen molar-refractivity contribution >= 4 is 40.3 Å². The molecule has 1 aliphatic rings. The van der Waals surface area contributed by atoms with Crippen LogP contribution in [0.4, 0.5) is 11.4 Å². The summed E-state index contributed by atoms with van der Waals surface area (Å²) in [6.45, 7) is 0. The van der Waals surface area contributed by atoms with E-state index in [1.807, 2.05) is 60.7 Å². The van der Waals surface area contributed by atoms with Gasteiger partial charge in [-0.2, -0.15) is 0 Å². The van der Waals surface area contributed by atoms with Crippen LogP contribution in [0.3, 0.4) is 0 Å². The summed E-state index contributed by atoms with van der Waals surface area (Å²) >= 11 is 1.29. The summed E-state index contributed by atoms with van der Waals surface area (Å²) in [4.78, 5) is 20.1. The third-order valence-electron chi connectivity index (χ3n) is 4.60. The second-order valence-corrected chi connectivity index (χ2v) is 7.60. The van der Waals surface area contributed by atoms with Crippen LogP contribution in [0.2, 0.25) is 0 Å². The van der Waals surface area contributed by atoms with Crippen LogP contribution < -0.4 is 14.4 Å². The van der Waals surface area contributed by atoms with E-state index < -0.39 is 0 Å². The SMILES string of the molecule is COc1cc(/C=C2\S/C(=N\c3ccccc3)N(c3ccccc3)C2=O)cc(OC)c1O. The fourth-order valence-corrected chi connectivity index (χ4v) is 4.12. The predicted octanol–water partition coefficient (Wildman–Crippen LogP) is 5.22. The number of aliphatic imine (C=N–C) groups is 1. The van der Waals surface area contributed by atoms with Gasteiger partial charge in [-0.25, -0.2) is 4.99 Å². The maximum absolute atomic E-state index is 13.3. The number of aromatic hydroxyl groups is 1. The topological polar surface area (TPSA) is 71.4 Å². The lowest BCUT2D eigenvalue weighted by Crippen LogP contribution is -2.28. The van der Waals surface area contributed by atoms with Gasteiger partial charge in [-0.3, -0.25) is 9.69 Å². The highest BCUT2D eigenvalue weighted by Crippen LogP contribution is 2.41. The van der Waals surface area contributed by atoms with E-state index in [0.717, 1.165) is 11.4 Å². The highest BCUT2D eigenvalue weighted by atomic mass is 32.2. The van der Waals surface area contributed by atoms with Crippen LogP contribution in [0, 0.1) is 0 Å². The highest BCUT2D eigenvalue weighted by Gasteiger charge is 2.34. The lowest BCUT2D eigenvalue weighted by Gasteiger charge is -2.15. The fourth-order valence-electron chi connectivity index (χ4n) is 3.11. The molecule has 0 unspecified atom stereocenters. The van der Waals surface area contributed by atoms with Crippen LogP contribution in [0.1, 0.15) is 5.56 Å². The molecule has 0 atom stereocenters. The van der Waals surface area contributed by atoms with Gasteiger partial charge in [0.05, 0.1) is 30.5 Å². The summed E-state index contributed by atoms with van der Waals surface area (Å²) in [7, 11) is 2.92. The van der Waals surface area contributed by atoms with Crippen molar-refractivity contribution in [2.75, 3.05) is 19.1 Å². The standard InChI is InChI=1S/C24H20N2O4S/c1-29-19-13-16(14-20(30-2)22(19)27)15-21-23(28)26(18-11-7-4-8-12-18)24(31-21)25-17-9-5-3-6-10-17/h3-15,27H,1-2H3/b21-15-,25-24-. The zero-order chi connectivity index (χ0) is 21.8. The average Bonchev–Trinajstić information content (AvgIpc) is 3.10. The van der Waals surface area contributed by atoms with E-state index in [1.54, 1.807) is 23.1 Å². The Morgan fingerprint density at radius 1 is 0.935 bits per heavy atom. The number of para-hydroxylation sites is 2. The summed E-state index contributed by atoms with van der Waals surface area (Å²) in [5, 5.41) is 10.7. The molecule has 6 nitrogen and oxygen atoms in total. The molecule has 0 saturated carbocycles. The second kappa shape index (κ2) is 8.97. The zero-order valence-corrected chi connectivity index (χ0v) is 17.8. The first-order valence-electron chi connectivity index (χ1n) is 9.48. The van der Waals surface area contributed by atoms with Crippen molar-refractivity contribution in [2.45, 2.75) is 0 Å². The van der Waals surface area contributed by atoms with Crippen molar-refractivity contribution in [3.8, 4) is 17.2 Å². The van der Waals surface area contributed by atoms with Gasteiger partial charge in [-0.1, -0.05) is 36.4 Å². The molecule has 31 heavy (non-hydrogen) atoms. The van der Waals surface area contributed by atoms with Gasteiger partial charge < -0.3 is 14.6 Å². The van der Waals surface area contributed by atoms with Crippen molar-refractivity contribution < 1.29 is 19.4 Å². The minimum atomic E-state index is -0.183. The number of nitrogens with zero attached hydrogens (tertiary/aromatic N) is 2. The Bertz CT molecular complexity index is 1140. The largest absolute Gasteiger partial charge is 0.502 e. The first-order valence-corrected chi connectivity index (χ1v) is 10.3. The summed E-state index contributed by atoms with van der Waals surface area (Å²) in [6, 6.07) is 22.2. The van der Waals surface area contributed by atoms with Gasteiger partial charge >= 0.3 is 0 Å². The van der Waals surface area contributed by atoms with Crippen molar-refractivity contribution in [1.82, 2.24) is 0 Å². The lowest BCUT2D eigenvalue weighted by atomic mass is 10.1. The van der Waals surface area contributed by atoms with Crippen LogP contribution in [0.25, 0.3) is 6.08 Å². The van der Waals surface area contributed by atoms with E-state index in [1.165, 1.54) is 26.0 Å². The number of ether oxygens (including phenoxy) is 2. The van der Waals surface area contributed by atoms with Gasteiger partial charge in [0.2, 0.25) is 5.75 Å². The molecule has 1 fully saturated rings. The number of carbonyl (C=O) groups is 1.